The number of rotatable bonds is 2. The highest BCUT2D eigenvalue weighted by atomic mass is 35.5. The molecule has 2 heterocycles. The van der Waals surface area contributed by atoms with E-state index in [4.69, 9.17) is 16.3 Å². The number of nitrogens with zero attached hydrogens (tertiary/aromatic N) is 2. The minimum Gasteiger partial charge on any atom is -0.375 e. The molecule has 1 aliphatic heterocycles. The molecule has 6 heteroatoms. The molecule has 3 rings (SSSR count). The third kappa shape index (κ3) is 2.27. The van der Waals surface area contributed by atoms with Gasteiger partial charge in [-0.15, -0.1) is 0 Å². The number of carbonyl (C=O) groups excluding carboxylic acids is 1. The smallest absolute Gasteiger partial charge is 0.248 e. The summed E-state index contributed by atoms with van der Waals surface area (Å²) in [5, 5.41) is 10.7. The van der Waals surface area contributed by atoms with Crippen molar-refractivity contribution in [2.75, 3.05) is 20.3 Å². The summed E-state index contributed by atoms with van der Waals surface area (Å²) in [4.78, 5) is 17.0. The van der Waals surface area contributed by atoms with Gasteiger partial charge in [-0.05, 0) is 6.07 Å². The Labute approximate surface area is 127 Å². The first kappa shape index (κ1) is 13.9. The molecule has 21 heavy (non-hydrogen) atoms. The van der Waals surface area contributed by atoms with Crippen LogP contribution in [0, 0.1) is 11.3 Å². The summed E-state index contributed by atoms with van der Waals surface area (Å²) >= 11 is 6.06. The molecule has 0 aliphatic carbocycles. The molecule has 0 saturated heterocycles. The van der Waals surface area contributed by atoms with E-state index in [1.807, 2.05) is 6.07 Å². The molecule has 108 valence electrons. The predicted molar refractivity (Wildman–Crippen MR) is 79.0 cm³/mol. The second-order valence-electron chi connectivity index (χ2n) is 5.04. The van der Waals surface area contributed by atoms with Gasteiger partial charge in [0.05, 0.1) is 16.1 Å². The van der Waals surface area contributed by atoms with Gasteiger partial charge >= 0.3 is 0 Å². The monoisotopic (exact) mass is 303 g/mol. The molecule has 1 aromatic heterocycles. The summed E-state index contributed by atoms with van der Waals surface area (Å²) in [6.07, 6.45) is 0.738. The zero-order valence-electron chi connectivity index (χ0n) is 11.6. The molecule has 0 fully saturated rings. The van der Waals surface area contributed by atoms with Gasteiger partial charge in [-0.3, -0.25) is 4.79 Å². The number of fused-ring (bicyclic) bond motifs is 3. The predicted octanol–water partition coefficient (Wildman–Crippen LogP) is 2.22. The van der Waals surface area contributed by atoms with Crippen molar-refractivity contribution in [3.05, 3.63) is 34.0 Å². The van der Waals surface area contributed by atoms with Gasteiger partial charge in [0.25, 0.3) is 0 Å². The number of H-pyrrole nitrogens is 1. The number of nitrogens with one attached hydrogen (secondary N) is 1. The van der Waals surface area contributed by atoms with E-state index in [9.17, 15) is 10.1 Å². The van der Waals surface area contributed by atoms with Crippen molar-refractivity contribution in [3.63, 3.8) is 0 Å². The van der Waals surface area contributed by atoms with Gasteiger partial charge in [-0.25, -0.2) is 0 Å². The van der Waals surface area contributed by atoms with E-state index in [-0.39, 0.29) is 12.5 Å². The highest BCUT2D eigenvalue weighted by molar-refractivity contribution is 6.32. The quantitative estimate of drug-likeness (QED) is 0.925. The van der Waals surface area contributed by atoms with Crippen LogP contribution in [0.3, 0.4) is 0 Å². The van der Waals surface area contributed by atoms with E-state index >= 15 is 0 Å². The Morgan fingerprint density at radius 3 is 3.10 bits per heavy atom. The lowest BCUT2D eigenvalue weighted by Gasteiger charge is -2.27. The summed E-state index contributed by atoms with van der Waals surface area (Å²) in [6.45, 7) is 1.27. The maximum Gasteiger partial charge on any atom is 0.248 e. The van der Waals surface area contributed by atoms with E-state index in [0.717, 1.165) is 28.6 Å². The normalized spacial score (nSPS) is 14.0. The third-order valence-electron chi connectivity index (χ3n) is 3.83. The van der Waals surface area contributed by atoms with Crippen molar-refractivity contribution in [2.24, 2.45) is 0 Å². The van der Waals surface area contributed by atoms with Crippen molar-refractivity contribution in [1.29, 1.82) is 5.26 Å². The zero-order valence-corrected chi connectivity index (χ0v) is 12.3. The number of nitriles is 1. The minimum atomic E-state index is -0.0213. The van der Waals surface area contributed by atoms with Crippen LogP contribution in [0.15, 0.2) is 12.1 Å². The van der Waals surface area contributed by atoms with Crippen LogP contribution in [0.5, 0.6) is 0 Å². The Balaban J connectivity index is 2.05. The van der Waals surface area contributed by atoms with Crippen LogP contribution in [-0.2, 0) is 22.5 Å². The molecule has 1 aliphatic rings. The molecule has 0 bridgehead atoms. The highest BCUT2D eigenvalue weighted by Crippen LogP contribution is 2.32. The van der Waals surface area contributed by atoms with Gasteiger partial charge in [-0.1, -0.05) is 17.7 Å². The molecule has 0 spiro atoms. The van der Waals surface area contributed by atoms with Crippen molar-refractivity contribution < 1.29 is 9.53 Å². The van der Waals surface area contributed by atoms with Gasteiger partial charge in [0.1, 0.15) is 12.7 Å². The fourth-order valence-corrected chi connectivity index (χ4v) is 2.99. The average Bonchev–Trinajstić information content (AvgIpc) is 2.85. The molecule has 1 N–H and O–H groups in total. The van der Waals surface area contributed by atoms with Crippen molar-refractivity contribution in [3.8, 4) is 6.07 Å². The van der Waals surface area contributed by atoms with Crippen molar-refractivity contribution >= 4 is 28.4 Å². The fraction of sp³-hybridized carbons (Fsp3) is 0.333. The van der Waals surface area contributed by atoms with Crippen LogP contribution in [0.4, 0.5) is 0 Å². The van der Waals surface area contributed by atoms with E-state index < -0.39 is 0 Å². The number of hydrogen-bond donors (Lipinski definition) is 1. The lowest BCUT2D eigenvalue weighted by molar-refractivity contribution is -0.136. The number of aromatic amines is 1. The molecule has 1 amide bonds. The number of carbonyl (C=O) groups is 1. The number of halogens is 1. The maximum absolute atomic E-state index is 12.0. The van der Waals surface area contributed by atoms with Crippen LogP contribution in [0.1, 0.15) is 16.8 Å². The van der Waals surface area contributed by atoms with E-state index in [1.165, 1.54) is 7.11 Å². The van der Waals surface area contributed by atoms with Crippen LogP contribution in [0.2, 0.25) is 5.02 Å². The first-order chi connectivity index (χ1) is 10.2. The van der Waals surface area contributed by atoms with Crippen LogP contribution < -0.4 is 0 Å². The summed E-state index contributed by atoms with van der Waals surface area (Å²) in [7, 11) is 1.51. The fourth-order valence-electron chi connectivity index (χ4n) is 2.80. The van der Waals surface area contributed by atoms with E-state index in [1.54, 1.807) is 11.0 Å². The number of aromatic nitrogens is 1. The number of benzene rings is 1. The van der Waals surface area contributed by atoms with E-state index in [0.29, 0.717) is 23.7 Å². The molecule has 1 aromatic carbocycles. The second-order valence-corrected chi connectivity index (χ2v) is 5.44. The first-order valence-electron chi connectivity index (χ1n) is 6.64. The summed E-state index contributed by atoms with van der Waals surface area (Å²) in [5.41, 5.74) is 3.36. The van der Waals surface area contributed by atoms with Crippen LogP contribution in [-0.4, -0.2) is 36.1 Å². The minimum absolute atomic E-state index is 0.0213. The van der Waals surface area contributed by atoms with E-state index in [2.05, 4.69) is 11.1 Å². The topological polar surface area (TPSA) is 69.1 Å². The van der Waals surface area contributed by atoms with Crippen LogP contribution in [0.25, 0.3) is 10.9 Å². The number of ether oxygens (including phenoxy) is 1. The summed E-state index contributed by atoms with van der Waals surface area (Å²) < 4.78 is 4.91. The highest BCUT2D eigenvalue weighted by Gasteiger charge is 2.25. The lowest BCUT2D eigenvalue weighted by atomic mass is 10.0. The maximum atomic E-state index is 12.0. The Morgan fingerprint density at radius 2 is 2.38 bits per heavy atom. The van der Waals surface area contributed by atoms with Crippen molar-refractivity contribution in [2.45, 2.75) is 13.0 Å². The number of amides is 1. The second kappa shape index (κ2) is 5.40. The molecular formula is C15H14ClN3O2. The number of hydrogen-bond acceptors (Lipinski definition) is 3. The van der Waals surface area contributed by atoms with Crippen LogP contribution >= 0.6 is 11.6 Å². The molecule has 5 nitrogen and oxygen atoms in total. The SMILES string of the molecule is COCC(=O)N1CCc2[nH]c3c(C#N)c(Cl)ccc3c2C1. The molecule has 0 radical (unpaired) electrons. The summed E-state index contributed by atoms with van der Waals surface area (Å²) in [5.74, 6) is -0.0213. The molecule has 0 unspecified atom stereocenters. The van der Waals surface area contributed by atoms with Gasteiger partial charge < -0.3 is 14.6 Å². The van der Waals surface area contributed by atoms with Gasteiger partial charge in [0.2, 0.25) is 5.91 Å². The Hall–Kier alpha value is -2.03. The summed E-state index contributed by atoms with van der Waals surface area (Å²) in [6, 6.07) is 5.77. The largest absolute Gasteiger partial charge is 0.375 e. The van der Waals surface area contributed by atoms with Crippen molar-refractivity contribution in [1.82, 2.24) is 9.88 Å². The zero-order chi connectivity index (χ0) is 15.0. The molecule has 0 atom stereocenters. The average molecular weight is 304 g/mol. The standard InChI is InChI=1S/C15H14ClN3O2/c1-21-8-14(20)19-5-4-13-11(7-19)9-2-3-12(16)10(6-17)15(9)18-13/h2-3,18H,4-5,7-8H2,1H3. The lowest BCUT2D eigenvalue weighted by Crippen LogP contribution is -2.37. The van der Waals surface area contributed by atoms with Gasteiger partial charge in [0.15, 0.2) is 0 Å². The Morgan fingerprint density at radius 1 is 1.57 bits per heavy atom. The Bertz CT molecular complexity index is 760. The molecule has 2 aromatic rings. The third-order valence-corrected chi connectivity index (χ3v) is 4.15. The van der Waals surface area contributed by atoms with Gasteiger partial charge in [0, 0.05) is 43.3 Å². The first-order valence-corrected chi connectivity index (χ1v) is 7.02. The number of methoxy groups -OCH3 is 1. The molecular weight excluding hydrogens is 290 g/mol. The van der Waals surface area contributed by atoms with Gasteiger partial charge in [-0.2, -0.15) is 5.26 Å². The molecule has 0 saturated carbocycles. The Kier molecular flexibility index (Phi) is 3.58.